The van der Waals surface area contributed by atoms with Crippen molar-refractivity contribution in [3.63, 3.8) is 0 Å². The highest BCUT2D eigenvalue weighted by Crippen LogP contribution is 2.32. The lowest BCUT2D eigenvalue weighted by Crippen LogP contribution is -2.30. The smallest absolute Gasteiger partial charge is 0.322 e. The molecule has 0 bridgehead atoms. The SMILES string of the molecule is COc1ccc(OC)c(N=C(C)/C(=N\N)C(=O)Nc2cc(NCC(=O)O)cc(C(C)(C)C)c2)c1. The first-order valence-corrected chi connectivity index (χ1v) is 10.5. The number of nitrogens with one attached hydrogen (secondary N) is 2. The summed E-state index contributed by atoms with van der Waals surface area (Å²) < 4.78 is 10.6. The van der Waals surface area contributed by atoms with Crippen LogP contribution in [0.2, 0.25) is 0 Å². The maximum absolute atomic E-state index is 13.0. The van der Waals surface area contributed by atoms with Gasteiger partial charge in [-0.15, -0.1) is 0 Å². The van der Waals surface area contributed by atoms with E-state index in [0.29, 0.717) is 28.6 Å². The Morgan fingerprint density at radius 2 is 1.74 bits per heavy atom. The number of hydrazone groups is 1. The van der Waals surface area contributed by atoms with Gasteiger partial charge in [-0.3, -0.25) is 9.59 Å². The van der Waals surface area contributed by atoms with E-state index in [1.807, 2.05) is 32.9 Å². The Balaban J connectivity index is 2.37. The standard InChI is InChI=1S/C24H31N5O5/c1-14(27-19-12-18(33-5)7-8-20(19)34-6)22(29-25)23(32)28-17-10-15(24(2,3)4)9-16(11-17)26-13-21(30)31/h7-12,26H,13,25H2,1-6H3,(H,28,32)(H,30,31)/b27-14?,29-22+. The van der Waals surface area contributed by atoms with Crippen LogP contribution < -0.4 is 25.9 Å². The van der Waals surface area contributed by atoms with E-state index in [-0.39, 0.29) is 23.4 Å². The number of methoxy groups -OCH3 is 2. The molecule has 2 aromatic rings. The second-order valence-electron chi connectivity index (χ2n) is 8.46. The van der Waals surface area contributed by atoms with Crippen molar-refractivity contribution in [1.29, 1.82) is 0 Å². The summed E-state index contributed by atoms with van der Waals surface area (Å²) >= 11 is 0. The number of aliphatic carboxylic acids is 1. The molecule has 2 rings (SSSR count). The van der Waals surface area contributed by atoms with Crippen molar-refractivity contribution < 1.29 is 24.2 Å². The number of anilines is 2. The summed E-state index contributed by atoms with van der Waals surface area (Å²) in [5.41, 5.74) is 2.31. The van der Waals surface area contributed by atoms with Gasteiger partial charge in [0, 0.05) is 17.4 Å². The van der Waals surface area contributed by atoms with Gasteiger partial charge in [-0.1, -0.05) is 20.8 Å². The molecule has 182 valence electrons. The zero-order valence-corrected chi connectivity index (χ0v) is 20.2. The van der Waals surface area contributed by atoms with Crippen molar-refractivity contribution in [2.24, 2.45) is 15.9 Å². The highest BCUT2D eigenvalue weighted by molar-refractivity contribution is 6.68. The lowest BCUT2D eigenvalue weighted by atomic mass is 9.86. The van der Waals surface area contributed by atoms with Crippen molar-refractivity contribution in [2.45, 2.75) is 33.1 Å². The number of hydrogen-bond acceptors (Lipinski definition) is 8. The van der Waals surface area contributed by atoms with Crippen molar-refractivity contribution >= 4 is 40.4 Å². The molecule has 0 radical (unpaired) electrons. The van der Waals surface area contributed by atoms with Gasteiger partial charge >= 0.3 is 5.97 Å². The molecule has 34 heavy (non-hydrogen) atoms. The van der Waals surface area contributed by atoms with E-state index in [1.165, 1.54) is 14.2 Å². The third-order valence-corrected chi connectivity index (χ3v) is 4.86. The number of nitrogens with zero attached hydrogens (tertiary/aromatic N) is 2. The van der Waals surface area contributed by atoms with Crippen LogP contribution in [0, 0.1) is 0 Å². The summed E-state index contributed by atoms with van der Waals surface area (Å²) in [4.78, 5) is 28.4. The Morgan fingerprint density at radius 1 is 1.06 bits per heavy atom. The number of carbonyl (C=O) groups excluding carboxylic acids is 1. The second-order valence-corrected chi connectivity index (χ2v) is 8.46. The highest BCUT2D eigenvalue weighted by atomic mass is 16.5. The van der Waals surface area contributed by atoms with Gasteiger partial charge in [0.15, 0.2) is 5.71 Å². The van der Waals surface area contributed by atoms with Gasteiger partial charge in [-0.2, -0.15) is 5.10 Å². The molecule has 1 amide bonds. The fourth-order valence-corrected chi connectivity index (χ4v) is 3.04. The summed E-state index contributed by atoms with van der Waals surface area (Å²) in [6.07, 6.45) is 0. The number of ether oxygens (including phenoxy) is 2. The van der Waals surface area contributed by atoms with Crippen LogP contribution in [0.25, 0.3) is 0 Å². The van der Waals surface area contributed by atoms with E-state index in [2.05, 4.69) is 20.7 Å². The van der Waals surface area contributed by atoms with E-state index in [9.17, 15) is 9.59 Å². The normalized spacial score (nSPS) is 12.2. The fraction of sp³-hybridized carbons (Fsp3) is 0.333. The molecular weight excluding hydrogens is 438 g/mol. The molecule has 5 N–H and O–H groups in total. The minimum atomic E-state index is -0.996. The van der Waals surface area contributed by atoms with Crippen molar-refractivity contribution in [1.82, 2.24) is 0 Å². The van der Waals surface area contributed by atoms with Crippen LogP contribution in [-0.4, -0.2) is 49.2 Å². The molecule has 0 aliphatic carbocycles. The van der Waals surface area contributed by atoms with E-state index < -0.39 is 11.9 Å². The molecule has 0 unspecified atom stereocenters. The maximum atomic E-state index is 13.0. The average Bonchev–Trinajstić information content (AvgIpc) is 2.77. The fourth-order valence-electron chi connectivity index (χ4n) is 3.04. The summed E-state index contributed by atoms with van der Waals surface area (Å²) in [5.74, 6) is 5.03. The largest absolute Gasteiger partial charge is 0.497 e. The van der Waals surface area contributed by atoms with Gasteiger partial charge < -0.3 is 31.1 Å². The van der Waals surface area contributed by atoms with Crippen molar-refractivity contribution in [3.8, 4) is 11.5 Å². The predicted octanol–water partition coefficient (Wildman–Crippen LogP) is 3.54. The van der Waals surface area contributed by atoms with Crippen LogP contribution in [0.4, 0.5) is 17.1 Å². The van der Waals surface area contributed by atoms with Crippen LogP contribution in [0.15, 0.2) is 46.5 Å². The molecule has 2 aromatic carbocycles. The van der Waals surface area contributed by atoms with Crippen LogP contribution in [0.1, 0.15) is 33.3 Å². The molecular formula is C24H31N5O5. The highest BCUT2D eigenvalue weighted by Gasteiger charge is 2.20. The van der Waals surface area contributed by atoms with E-state index in [0.717, 1.165) is 5.56 Å². The first kappa shape index (κ1) is 26.2. The van der Waals surface area contributed by atoms with Gasteiger partial charge in [-0.25, -0.2) is 4.99 Å². The first-order valence-electron chi connectivity index (χ1n) is 10.5. The number of carboxylic acids is 1. The number of nitrogens with two attached hydrogens (primary N) is 1. The molecule has 0 atom stereocenters. The molecule has 0 saturated heterocycles. The Kier molecular flexibility index (Phi) is 8.60. The summed E-state index contributed by atoms with van der Waals surface area (Å²) in [7, 11) is 3.05. The number of carbonyl (C=O) groups is 2. The van der Waals surface area contributed by atoms with Crippen molar-refractivity contribution in [3.05, 3.63) is 42.0 Å². The van der Waals surface area contributed by atoms with Gasteiger partial charge in [0.05, 0.1) is 19.9 Å². The monoisotopic (exact) mass is 469 g/mol. The van der Waals surface area contributed by atoms with Crippen LogP contribution >= 0.6 is 0 Å². The summed E-state index contributed by atoms with van der Waals surface area (Å²) in [5, 5.41) is 18.2. The maximum Gasteiger partial charge on any atom is 0.322 e. The van der Waals surface area contributed by atoms with Crippen LogP contribution in [0.5, 0.6) is 11.5 Å². The average molecular weight is 470 g/mol. The Bertz CT molecular complexity index is 1120. The van der Waals surface area contributed by atoms with E-state index in [4.69, 9.17) is 20.4 Å². The third-order valence-electron chi connectivity index (χ3n) is 4.86. The van der Waals surface area contributed by atoms with E-state index in [1.54, 1.807) is 31.2 Å². The number of carboxylic acid groups (broad SMARTS) is 1. The second kappa shape index (κ2) is 11.2. The zero-order valence-electron chi connectivity index (χ0n) is 20.2. The Morgan fingerprint density at radius 3 is 2.29 bits per heavy atom. The Hall–Kier alpha value is -4.08. The minimum absolute atomic E-state index is 0.0777. The summed E-state index contributed by atoms with van der Waals surface area (Å²) in [6, 6.07) is 10.4. The number of benzene rings is 2. The molecule has 0 aromatic heterocycles. The quantitative estimate of drug-likeness (QED) is 0.249. The predicted molar refractivity (Wildman–Crippen MR) is 134 cm³/mol. The zero-order chi connectivity index (χ0) is 25.5. The molecule has 0 spiro atoms. The first-order chi connectivity index (χ1) is 16.0. The van der Waals surface area contributed by atoms with Crippen LogP contribution in [-0.2, 0) is 15.0 Å². The molecule has 0 fully saturated rings. The van der Waals surface area contributed by atoms with Crippen molar-refractivity contribution in [2.75, 3.05) is 31.4 Å². The lowest BCUT2D eigenvalue weighted by molar-refractivity contribution is -0.134. The number of amides is 1. The van der Waals surface area contributed by atoms with Gasteiger partial charge in [0.25, 0.3) is 5.91 Å². The molecule has 0 heterocycles. The number of hydrogen-bond donors (Lipinski definition) is 4. The topological polar surface area (TPSA) is 148 Å². The van der Waals surface area contributed by atoms with E-state index >= 15 is 0 Å². The lowest BCUT2D eigenvalue weighted by Gasteiger charge is -2.22. The molecule has 0 aliphatic rings. The van der Waals surface area contributed by atoms with Crippen LogP contribution in [0.3, 0.4) is 0 Å². The number of rotatable bonds is 9. The third kappa shape index (κ3) is 6.96. The van der Waals surface area contributed by atoms with Gasteiger partial charge in [0.1, 0.15) is 23.7 Å². The van der Waals surface area contributed by atoms with Gasteiger partial charge in [0.2, 0.25) is 0 Å². The Labute approximate surface area is 198 Å². The molecule has 0 aliphatic heterocycles. The molecule has 10 heteroatoms. The minimum Gasteiger partial charge on any atom is -0.497 e. The molecule has 0 saturated carbocycles. The van der Waals surface area contributed by atoms with Gasteiger partial charge in [-0.05, 0) is 48.2 Å². The summed E-state index contributed by atoms with van der Waals surface area (Å²) in [6.45, 7) is 7.39. The molecule has 10 nitrogen and oxygen atoms in total. The number of aliphatic imine (C=N–C) groups is 1.